The van der Waals surface area contributed by atoms with Crippen molar-refractivity contribution in [2.45, 2.75) is 25.3 Å². The first kappa shape index (κ1) is 16.7. The van der Waals surface area contributed by atoms with E-state index in [1.54, 1.807) is 31.4 Å². The molecular weight excluding hydrogens is 344 g/mol. The minimum atomic E-state index is -3.76. The average molecular weight is 362 g/mol. The van der Waals surface area contributed by atoms with Crippen molar-refractivity contribution < 1.29 is 13.2 Å². The second-order valence-corrected chi connectivity index (χ2v) is 7.93. The molecule has 0 saturated carbocycles. The fourth-order valence-electron chi connectivity index (χ4n) is 2.49. The summed E-state index contributed by atoms with van der Waals surface area (Å²) in [6.07, 6.45) is 0. The van der Waals surface area contributed by atoms with E-state index >= 15 is 0 Å². The lowest BCUT2D eigenvalue weighted by Crippen LogP contribution is -2.16. The summed E-state index contributed by atoms with van der Waals surface area (Å²) in [5.74, 6) is 0.708. The number of aromatic nitrogens is 1. The molecule has 0 amide bonds. The van der Waals surface area contributed by atoms with Crippen LogP contribution < -0.4 is 9.54 Å². The van der Waals surface area contributed by atoms with Gasteiger partial charge in [0.05, 0.1) is 16.7 Å². The fourth-order valence-corrected chi connectivity index (χ4v) is 4.81. The van der Waals surface area contributed by atoms with Crippen molar-refractivity contribution >= 4 is 31.6 Å². The number of sulfonamides is 1. The van der Waals surface area contributed by atoms with E-state index in [0.29, 0.717) is 17.1 Å². The lowest BCUT2D eigenvalue weighted by Gasteiger charge is -2.05. The maximum absolute atomic E-state index is 12.6. The van der Waals surface area contributed by atoms with Crippen molar-refractivity contribution in [2.24, 2.45) is 4.40 Å². The topological polar surface area (TPSA) is 60.7 Å². The Hall–Kier alpha value is -2.12. The van der Waals surface area contributed by atoms with Gasteiger partial charge >= 0.3 is 0 Å². The molecule has 0 unspecified atom stereocenters. The summed E-state index contributed by atoms with van der Waals surface area (Å²) in [5.41, 5.74) is 1.87. The Balaban J connectivity index is 2.25. The molecule has 0 fully saturated rings. The van der Waals surface area contributed by atoms with Gasteiger partial charge in [-0.05, 0) is 38.1 Å². The van der Waals surface area contributed by atoms with Crippen LogP contribution in [0.15, 0.2) is 51.8 Å². The van der Waals surface area contributed by atoms with Gasteiger partial charge in [-0.2, -0.15) is 8.42 Å². The molecule has 0 bridgehead atoms. The first-order valence-corrected chi connectivity index (χ1v) is 9.76. The molecule has 24 heavy (non-hydrogen) atoms. The number of hydrogen-bond acceptors (Lipinski definition) is 4. The summed E-state index contributed by atoms with van der Waals surface area (Å²) < 4.78 is 37.5. The highest BCUT2D eigenvalue weighted by atomic mass is 32.2. The van der Waals surface area contributed by atoms with E-state index in [2.05, 4.69) is 4.40 Å². The van der Waals surface area contributed by atoms with Crippen LogP contribution in [0, 0.1) is 6.92 Å². The van der Waals surface area contributed by atoms with Crippen molar-refractivity contribution in [3.63, 3.8) is 0 Å². The minimum absolute atomic E-state index is 0.195. The molecule has 0 spiro atoms. The second kappa shape index (κ2) is 6.41. The van der Waals surface area contributed by atoms with E-state index in [-0.39, 0.29) is 4.90 Å². The number of nitrogens with zero attached hydrogens (tertiary/aromatic N) is 2. The molecule has 126 valence electrons. The first-order valence-electron chi connectivity index (χ1n) is 7.50. The van der Waals surface area contributed by atoms with Gasteiger partial charge in [0.2, 0.25) is 4.80 Å². The van der Waals surface area contributed by atoms with E-state index < -0.39 is 10.0 Å². The molecule has 0 N–H and O–H groups in total. The molecular formula is C17H18N2O3S2. The summed E-state index contributed by atoms with van der Waals surface area (Å²) in [7, 11) is -2.15. The number of fused-ring (bicyclic) bond motifs is 1. The highest BCUT2D eigenvalue weighted by Gasteiger charge is 2.15. The average Bonchev–Trinajstić information content (AvgIpc) is 2.91. The lowest BCUT2D eigenvalue weighted by atomic mass is 10.2. The van der Waals surface area contributed by atoms with Gasteiger partial charge in [-0.25, -0.2) is 0 Å². The van der Waals surface area contributed by atoms with Gasteiger partial charge in [0.25, 0.3) is 10.0 Å². The number of thiazole rings is 1. The molecule has 1 heterocycles. The Bertz CT molecular complexity index is 1050. The standard InChI is InChI=1S/C17H18N2O3S2/c1-4-19-16-14(22-3)6-5-7-15(16)23-17(19)18-24(20,21)13-10-8-12(2)9-11-13/h5-11H,4H2,1-3H3/b18-17-. The van der Waals surface area contributed by atoms with Crippen LogP contribution in [0.1, 0.15) is 12.5 Å². The SMILES string of the molecule is CCn1/c(=N/S(=O)(=O)c2ccc(C)cc2)sc2cccc(OC)c21. The van der Waals surface area contributed by atoms with E-state index in [1.807, 2.05) is 36.6 Å². The molecule has 0 aliphatic carbocycles. The van der Waals surface area contributed by atoms with Gasteiger partial charge in [0.1, 0.15) is 11.3 Å². The third-order valence-electron chi connectivity index (χ3n) is 3.72. The Labute approximate surface area is 144 Å². The predicted octanol–water partition coefficient (Wildman–Crippen LogP) is 3.33. The van der Waals surface area contributed by atoms with Crippen LogP contribution in [-0.4, -0.2) is 20.1 Å². The molecule has 5 nitrogen and oxygen atoms in total. The highest BCUT2D eigenvalue weighted by Crippen LogP contribution is 2.27. The van der Waals surface area contributed by atoms with Crippen LogP contribution in [0.4, 0.5) is 0 Å². The number of benzene rings is 2. The Morgan fingerprint density at radius 2 is 1.88 bits per heavy atom. The summed E-state index contributed by atoms with van der Waals surface area (Å²) >= 11 is 1.34. The molecule has 0 radical (unpaired) electrons. The number of methoxy groups -OCH3 is 1. The number of para-hydroxylation sites is 1. The first-order chi connectivity index (χ1) is 11.5. The molecule has 1 aromatic heterocycles. The fraction of sp³-hybridized carbons (Fsp3) is 0.235. The molecule has 0 atom stereocenters. The predicted molar refractivity (Wildman–Crippen MR) is 96.0 cm³/mol. The van der Waals surface area contributed by atoms with Gasteiger partial charge in [-0.1, -0.05) is 35.1 Å². The molecule has 0 aliphatic heterocycles. The molecule has 3 aromatic rings. The largest absolute Gasteiger partial charge is 0.495 e. The van der Waals surface area contributed by atoms with Crippen LogP contribution in [0.25, 0.3) is 10.2 Å². The molecule has 3 rings (SSSR count). The van der Waals surface area contributed by atoms with Gasteiger partial charge in [0.15, 0.2) is 0 Å². The normalized spacial score (nSPS) is 12.7. The van der Waals surface area contributed by atoms with E-state index in [0.717, 1.165) is 15.8 Å². The molecule has 0 aliphatic rings. The Morgan fingerprint density at radius 3 is 2.50 bits per heavy atom. The maximum atomic E-state index is 12.6. The van der Waals surface area contributed by atoms with E-state index in [1.165, 1.54) is 11.3 Å². The van der Waals surface area contributed by atoms with E-state index in [4.69, 9.17) is 4.74 Å². The zero-order valence-corrected chi connectivity index (χ0v) is 15.3. The molecule has 2 aromatic carbocycles. The molecule has 0 saturated heterocycles. The maximum Gasteiger partial charge on any atom is 0.285 e. The van der Waals surface area contributed by atoms with Gasteiger partial charge in [-0.3, -0.25) is 0 Å². The van der Waals surface area contributed by atoms with Crippen molar-refractivity contribution in [2.75, 3.05) is 7.11 Å². The van der Waals surface area contributed by atoms with Gasteiger partial charge in [0, 0.05) is 6.54 Å². The Kier molecular flexibility index (Phi) is 4.47. The van der Waals surface area contributed by atoms with Crippen LogP contribution in [-0.2, 0) is 16.6 Å². The minimum Gasteiger partial charge on any atom is -0.495 e. The van der Waals surface area contributed by atoms with Crippen molar-refractivity contribution in [3.8, 4) is 5.75 Å². The van der Waals surface area contributed by atoms with Crippen LogP contribution in [0.3, 0.4) is 0 Å². The summed E-state index contributed by atoms with van der Waals surface area (Å²) in [6, 6.07) is 12.4. The third-order valence-corrected chi connectivity index (χ3v) is 6.16. The molecule has 7 heteroatoms. The summed E-state index contributed by atoms with van der Waals surface area (Å²) in [6.45, 7) is 4.47. The van der Waals surface area contributed by atoms with Crippen LogP contribution in [0.2, 0.25) is 0 Å². The van der Waals surface area contributed by atoms with Gasteiger partial charge in [-0.15, -0.1) is 4.40 Å². The zero-order valence-electron chi connectivity index (χ0n) is 13.7. The van der Waals surface area contributed by atoms with Crippen LogP contribution >= 0.6 is 11.3 Å². The quantitative estimate of drug-likeness (QED) is 0.715. The van der Waals surface area contributed by atoms with Gasteiger partial charge < -0.3 is 9.30 Å². The van der Waals surface area contributed by atoms with Crippen molar-refractivity contribution in [1.82, 2.24) is 4.57 Å². The highest BCUT2D eigenvalue weighted by molar-refractivity contribution is 7.90. The Morgan fingerprint density at radius 1 is 1.17 bits per heavy atom. The third kappa shape index (κ3) is 2.97. The smallest absolute Gasteiger partial charge is 0.285 e. The van der Waals surface area contributed by atoms with Crippen molar-refractivity contribution in [1.29, 1.82) is 0 Å². The van der Waals surface area contributed by atoms with Crippen molar-refractivity contribution in [3.05, 3.63) is 52.8 Å². The second-order valence-electron chi connectivity index (χ2n) is 5.32. The monoisotopic (exact) mass is 362 g/mol. The number of ether oxygens (including phenoxy) is 1. The van der Waals surface area contributed by atoms with E-state index in [9.17, 15) is 8.42 Å². The summed E-state index contributed by atoms with van der Waals surface area (Å²) in [5, 5.41) is 0. The zero-order chi connectivity index (χ0) is 17.3. The number of hydrogen-bond donors (Lipinski definition) is 0. The lowest BCUT2D eigenvalue weighted by molar-refractivity contribution is 0.417. The summed E-state index contributed by atoms with van der Waals surface area (Å²) in [4.78, 5) is 0.637. The van der Waals surface area contributed by atoms with Crippen LogP contribution in [0.5, 0.6) is 5.75 Å². The number of aryl methyl sites for hydroxylation is 2. The number of rotatable bonds is 4.